The number of pyridine rings is 1. The minimum absolute atomic E-state index is 0.214. The third-order valence-corrected chi connectivity index (χ3v) is 6.91. The molecule has 1 atom stereocenters. The minimum Gasteiger partial charge on any atom is -0.341 e. The number of aromatic amines is 1. The van der Waals surface area contributed by atoms with Crippen molar-refractivity contribution >= 4 is 21.9 Å². The molecule has 2 aromatic heterocycles. The summed E-state index contributed by atoms with van der Waals surface area (Å²) < 4.78 is 27.5. The number of H-pyrrole nitrogens is 1. The summed E-state index contributed by atoms with van der Waals surface area (Å²) in [6.45, 7) is 1.94. The quantitative estimate of drug-likeness (QED) is 0.461. The van der Waals surface area contributed by atoms with Crippen molar-refractivity contribution in [2.75, 3.05) is 13.1 Å². The van der Waals surface area contributed by atoms with E-state index in [1.165, 1.54) is 36.6 Å². The highest BCUT2D eigenvalue weighted by molar-refractivity contribution is 5.82. The molecule has 3 heterocycles. The van der Waals surface area contributed by atoms with Gasteiger partial charge in [-0.05, 0) is 98.6 Å². The minimum atomic E-state index is -0.243. The number of rotatable bonds is 4. The van der Waals surface area contributed by atoms with Gasteiger partial charge in [0.2, 0.25) is 0 Å². The highest BCUT2D eigenvalue weighted by Crippen LogP contribution is 2.46. The number of nitrogens with one attached hydrogen (secondary N) is 1. The van der Waals surface area contributed by atoms with E-state index in [0.717, 1.165) is 53.7 Å². The van der Waals surface area contributed by atoms with Gasteiger partial charge in [-0.2, -0.15) is 0 Å². The second kappa shape index (κ2) is 7.38. The topological polar surface area (TPSA) is 44.8 Å². The van der Waals surface area contributed by atoms with Gasteiger partial charge in [-0.1, -0.05) is 0 Å². The van der Waals surface area contributed by atoms with Crippen LogP contribution in [0.5, 0.6) is 0 Å². The van der Waals surface area contributed by atoms with Crippen LogP contribution in [0.2, 0.25) is 0 Å². The summed E-state index contributed by atoms with van der Waals surface area (Å²) in [5, 5.41) is 0.930. The molecule has 0 bridgehead atoms. The van der Waals surface area contributed by atoms with Crippen molar-refractivity contribution in [2.24, 2.45) is 5.92 Å². The summed E-state index contributed by atoms with van der Waals surface area (Å²) in [5.41, 5.74) is 3.64. The van der Waals surface area contributed by atoms with E-state index in [9.17, 15) is 8.78 Å². The van der Waals surface area contributed by atoms with Crippen molar-refractivity contribution in [1.29, 1.82) is 0 Å². The summed E-state index contributed by atoms with van der Waals surface area (Å²) >= 11 is 0. The molecule has 6 heteroatoms. The normalized spacial score (nSPS) is 19.3. The third kappa shape index (κ3) is 3.49. The van der Waals surface area contributed by atoms with Gasteiger partial charge in [-0.3, -0.25) is 9.88 Å². The van der Waals surface area contributed by atoms with Gasteiger partial charge in [0.15, 0.2) is 0 Å². The first kappa shape index (κ1) is 18.9. The lowest BCUT2D eigenvalue weighted by molar-refractivity contribution is 0.131. The van der Waals surface area contributed by atoms with E-state index in [2.05, 4.69) is 14.9 Å². The molecule has 4 aromatic rings. The standard InChI is InChI=1S/C25H24F2N4/c26-17-3-5-21-20(13-17)19(7-10-28-21)15-8-11-31(12-9-15)24(16-1-2-16)25-29-22-6-4-18(27)14-23(22)30-25/h3-7,10,13-16,24H,1-2,8-9,11-12H2,(H,29,30). The third-order valence-electron chi connectivity index (χ3n) is 6.91. The van der Waals surface area contributed by atoms with Crippen LogP contribution in [-0.2, 0) is 0 Å². The van der Waals surface area contributed by atoms with Crippen molar-refractivity contribution in [1.82, 2.24) is 19.9 Å². The first-order valence-electron chi connectivity index (χ1n) is 11.1. The average Bonchev–Trinajstić information content (AvgIpc) is 3.52. The largest absolute Gasteiger partial charge is 0.341 e. The molecular weight excluding hydrogens is 394 g/mol. The van der Waals surface area contributed by atoms with Crippen molar-refractivity contribution in [3.8, 4) is 0 Å². The molecule has 1 saturated carbocycles. The second-order valence-electron chi connectivity index (χ2n) is 8.94. The van der Waals surface area contributed by atoms with Crippen LogP contribution in [0, 0.1) is 17.6 Å². The maximum Gasteiger partial charge on any atom is 0.125 e. The monoisotopic (exact) mass is 418 g/mol. The van der Waals surface area contributed by atoms with Crippen molar-refractivity contribution in [3.05, 3.63) is 71.7 Å². The highest BCUT2D eigenvalue weighted by Gasteiger charge is 2.39. The Labute approximate surface area is 179 Å². The van der Waals surface area contributed by atoms with Gasteiger partial charge in [0.25, 0.3) is 0 Å². The molecule has 158 valence electrons. The molecule has 2 aliphatic rings. The lowest BCUT2D eigenvalue weighted by Crippen LogP contribution is -2.37. The fourth-order valence-electron chi connectivity index (χ4n) is 5.23. The van der Waals surface area contributed by atoms with E-state index in [1.54, 1.807) is 18.2 Å². The Morgan fingerprint density at radius 3 is 2.42 bits per heavy atom. The van der Waals surface area contributed by atoms with E-state index in [1.807, 2.05) is 12.3 Å². The molecule has 1 unspecified atom stereocenters. The van der Waals surface area contributed by atoms with Gasteiger partial charge in [0.1, 0.15) is 17.5 Å². The fourth-order valence-corrected chi connectivity index (χ4v) is 5.23. The maximum absolute atomic E-state index is 13.9. The SMILES string of the molecule is Fc1ccc2nc(C(C3CC3)N3CCC(c4ccnc5ccc(F)cc45)CC3)[nH]c2c1. The summed E-state index contributed by atoms with van der Waals surface area (Å²) in [4.78, 5) is 15.1. The van der Waals surface area contributed by atoms with Crippen LogP contribution in [0.1, 0.15) is 49.0 Å². The molecule has 2 aromatic carbocycles. The number of piperidine rings is 1. The Morgan fingerprint density at radius 2 is 1.65 bits per heavy atom. The molecule has 31 heavy (non-hydrogen) atoms. The average molecular weight is 418 g/mol. The second-order valence-corrected chi connectivity index (χ2v) is 8.94. The summed E-state index contributed by atoms with van der Waals surface area (Å²) in [7, 11) is 0. The number of likely N-dealkylation sites (tertiary alicyclic amines) is 1. The number of halogens is 2. The van der Waals surface area contributed by atoms with Crippen molar-refractivity contribution in [2.45, 2.75) is 37.6 Å². The van der Waals surface area contributed by atoms with Crippen LogP contribution >= 0.6 is 0 Å². The molecule has 6 rings (SSSR count). The lowest BCUT2D eigenvalue weighted by Gasteiger charge is -2.37. The number of imidazole rings is 1. The van der Waals surface area contributed by atoms with E-state index in [0.29, 0.717) is 11.8 Å². The Kier molecular flexibility index (Phi) is 4.49. The molecule has 0 amide bonds. The van der Waals surface area contributed by atoms with Crippen LogP contribution in [0.4, 0.5) is 8.78 Å². The van der Waals surface area contributed by atoms with E-state index < -0.39 is 0 Å². The molecule has 0 spiro atoms. The number of aromatic nitrogens is 3. The zero-order valence-corrected chi connectivity index (χ0v) is 17.2. The van der Waals surface area contributed by atoms with Gasteiger partial charge in [0.05, 0.1) is 22.6 Å². The number of nitrogens with zero attached hydrogens (tertiary/aromatic N) is 3. The van der Waals surface area contributed by atoms with Gasteiger partial charge >= 0.3 is 0 Å². The van der Waals surface area contributed by atoms with Gasteiger partial charge in [0, 0.05) is 11.6 Å². The smallest absolute Gasteiger partial charge is 0.125 e. The summed E-state index contributed by atoms with van der Waals surface area (Å²) in [5.74, 6) is 1.51. The van der Waals surface area contributed by atoms with Crippen molar-refractivity contribution in [3.63, 3.8) is 0 Å². The molecule has 2 fully saturated rings. The number of fused-ring (bicyclic) bond motifs is 2. The zero-order valence-electron chi connectivity index (χ0n) is 17.2. The molecular formula is C25H24F2N4. The lowest BCUT2D eigenvalue weighted by atomic mass is 9.86. The van der Waals surface area contributed by atoms with Crippen LogP contribution < -0.4 is 0 Å². The molecule has 1 aliphatic carbocycles. The number of benzene rings is 2. The van der Waals surface area contributed by atoms with Gasteiger partial charge < -0.3 is 4.98 Å². The molecule has 1 saturated heterocycles. The van der Waals surface area contributed by atoms with E-state index in [4.69, 9.17) is 4.98 Å². The zero-order chi connectivity index (χ0) is 20.9. The Bertz CT molecular complexity index is 1260. The highest BCUT2D eigenvalue weighted by atomic mass is 19.1. The Balaban J connectivity index is 1.25. The van der Waals surface area contributed by atoms with Crippen LogP contribution in [0.3, 0.4) is 0 Å². The predicted molar refractivity (Wildman–Crippen MR) is 117 cm³/mol. The van der Waals surface area contributed by atoms with E-state index in [-0.39, 0.29) is 17.7 Å². The van der Waals surface area contributed by atoms with Crippen LogP contribution in [0.15, 0.2) is 48.7 Å². The Hall–Kier alpha value is -2.86. The van der Waals surface area contributed by atoms with E-state index >= 15 is 0 Å². The Morgan fingerprint density at radius 1 is 0.903 bits per heavy atom. The van der Waals surface area contributed by atoms with Crippen molar-refractivity contribution < 1.29 is 8.78 Å². The molecule has 1 aliphatic heterocycles. The first-order chi connectivity index (χ1) is 15.2. The van der Waals surface area contributed by atoms with Crippen LogP contribution in [0.25, 0.3) is 21.9 Å². The van der Waals surface area contributed by atoms with Gasteiger partial charge in [-0.15, -0.1) is 0 Å². The predicted octanol–water partition coefficient (Wildman–Crippen LogP) is 5.72. The first-order valence-corrected chi connectivity index (χ1v) is 11.1. The molecule has 4 nitrogen and oxygen atoms in total. The van der Waals surface area contributed by atoms with Crippen LogP contribution in [-0.4, -0.2) is 32.9 Å². The number of hydrogen-bond donors (Lipinski definition) is 1. The summed E-state index contributed by atoms with van der Waals surface area (Å²) in [6.07, 6.45) is 6.30. The molecule has 0 radical (unpaired) electrons. The van der Waals surface area contributed by atoms with Gasteiger partial charge in [-0.25, -0.2) is 13.8 Å². The number of hydrogen-bond acceptors (Lipinski definition) is 3. The summed E-state index contributed by atoms with van der Waals surface area (Å²) in [6, 6.07) is 11.9. The maximum atomic E-state index is 13.9. The fraction of sp³-hybridized carbons (Fsp3) is 0.360. The molecule has 1 N–H and O–H groups in total.